The van der Waals surface area contributed by atoms with Gasteiger partial charge in [0.1, 0.15) is 11.6 Å². The molecule has 0 N–H and O–H groups in total. The number of aryl methyl sites for hydroxylation is 1. The molecule has 1 heterocycles. The van der Waals surface area contributed by atoms with Gasteiger partial charge in [-0.15, -0.1) is 0 Å². The summed E-state index contributed by atoms with van der Waals surface area (Å²) in [5, 5.41) is 0.379. The van der Waals surface area contributed by atoms with Gasteiger partial charge < -0.3 is 9.47 Å². The van der Waals surface area contributed by atoms with Crippen LogP contribution in [0.1, 0.15) is 37.2 Å². The van der Waals surface area contributed by atoms with Crippen LogP contribution in [-0.4, -0.2) is 26.4 Å². The van der Waals surface area contributed by atoms with Crippen LogP contribution in [0.4, 0.5) is 4.39 Å². The van der Waals surface area contributed by atoms with Crippen LogP contribution < -0.4 is 0 Å². The van der Waals surface area contributed by atoms with Crippen molar-refractivity contribution in [1.82, 2.24) is 14.5 Å². The van der Waals surface area contributed by atoms with Gasteiger partial charge in [-0.2, -0.15) is 0 Å². The highest BCUT2D eigenvalue weighted by molar-refractivity contribution is 6.31. The van der Waals surface area contributed by atoms with E-state index < -0.39 is 0 Å². The zero-order valence-electron chi connectivity index (χ0n) is 16.7. The third kappa shape index (κ3) is 5.45. The van der Waals surface area contributed by atoms with E-state index in [1.807, 2.05) is 53.6 Å². The molecule has 0 aliphatic carbocycles. The van der Waals surface area contributed by atoms with Gasteiger partial charge in [-0.1, -0.05) is 48.0 Å². The molecule has 0 saturated carbocycles. The second kappa shape index (κ2) is 9.70. The zero-order valence-corrected chi connectivity index (χ0v) is 17.4. The van der Waals surface area contributed by atoms with Gasteiger partial charge in [0.2, 0.25) is 5.91 Å². The lowest BCUT2D eigenvalue weighted by molar-refractivity contribution is -0.133. The highest BCUT2D eigenvalue weighted by Gasteiger charge is 2.20. The van der Waals surface area contributed by atoms with E-state index in [0.717, 1.165) is 5.56 Å². The Morgan fingerprint density at radius 1 is 1.17 bits per heavy atom. The molecule has 0 spiro atoms. The van der Waals surface area contributed by atoms with Gasteiger partial charge in [-0.05, 0) is 38.0 Å². The lowest BCUT2D eigenvalue weighted by Gasteiger charge is -2.27. The van der Waals surface area contributed by atoms with Gasteiger partial charge in [-0.3, -0.25) is 4.79 Å². The summed E-state index contributed by atoms with van der Waals surface area (Å²) in [5.74, 6) is 0.421. The quantitative estimate of drug-likeness (QED) is 0.515. The second-order valence-corrected chi connectivity index (χ2v) is 7.68. The number of hydrogen-bond donors (Lipinski definition) is 0. The van der Waals surface area contributed by atoms with E-state index in [9.17, 15) is 9.18 Å². The average Bonchev–Trinajstić information content (AvgIpc) is 3.14. The SMILES string of the molecule is CC(C)N(Cc1nccn1Cc1c(F)cccc1Cl)C(=O)CCc1ccccc1. The summed E-state index contributed by atoms with van der Waals surface area (Å²) in [6, 6.07) is 14.6. The Hall–Kier alpha value is -2.66. The number of benzene rings is 2. The minimum absolute atomic E-state index is 0.0282. The van der Waals surface area contributed by atoms with Gasteiger partial charge in [-0.25, -0.2) is 9.37 Å². The molecule has 3 aromatic rings. The van der Waals surface area contributed by atoms with Gasteiger partial charge in [0.05, 0.1) is 13.1 Å². The topological polar surface area (TPSA) is 38.1 Å². The fourth-order valence-electron chi connectivity index (χ4n) is 3.24. The molecule has 6 heteroatoms. The fraction of sp³-hybridized carbons (Fsp3) is 0.304. The van der Waals surface area contributed by atoms with Crippen LogP contribution in [-0.2, 0) is 24.3 Å². The molecule has 0 fully saturated rings. The Kier molecular flexibility index (Phi) is 7.04. The fourth-order valence-corrected chi connectivity index (χ4v) is 3.46. The maximum Gasteiger partial charge on any atom is 0.223 e. The molecule has 0 unspecified atom stereocenters. The third-order valence-corrected chi connectivity index (χ3v) is 5.27. The molecule has 1 amide bonds. The molecule has 0 aliphatic rings. The highest BCUT2D eigenvalue weighted by atomic mass is 35.5. The molecule has 4 nitrogen and oxygen atoms in total. The van der Waals surface area contributed by atoms with Crippen molar-refractivity contribution in [3.63, 3.8) is 0 Å². The number of hydrogen-bond acceptors (Lipinski definition) is 2. The Labute approximate surface area is 175 Å². The van der Waals surface area contributed by atoms with E-state index in [0.29, 0.717) is 35.8 Å². The van der Waals surface area contributed by atoms with Crippen LogP contribution in [0.5, 0.6) is 0 Å². The third-order valence-electron chi connectivity index (χ3n) is 4.92. The zero-order chi connectivity index (χ0) is 20.8. The maximum atomic E-state index is 14.2. The molecule has 1 aromatic heterocycles. The van der Waals surface area contributed by atoms with Crippen LogP contribution >= 0.6 is 11.6 Å². The van der Waals surface area contributed by atoms with E-state index in [1.54, 1.807) is 24.5 Å². The number of aromatic nitrogens is 2. The average molecular weight is 414 g/mol. The smallest absolute Gasteiger partial charge is 0.223 e. The number of imidazole rings is 1. The standard InChI is InChI=1S/C23H25ClFN3O/c1-17(2)28(23(29)12-11-18-7-4-3-5-8-18)16-22-26-13-14-27(22)15-19-20(24)9-6-10-21(19)25/h3-10,13-14,17H,11-12,15-16H2,1-2H3. The molecular weight excluding hydrogens is 389 g/mol. The van der Waals surface area contributed by atoms with E-state index in [4.69, 9.17) is 11.6 Å². The second-order valence-electron chi connectivity index (χ2n) is 7.27. The molecule has 152 valence electrons. The van der Waals surface area contributed by atoms with E-state index in [-0.39, 0.29) is 24.3 Å². The molecule has 0 atom stereocenters. The van der Waals surface area contributed by atoms with Gasteiger partial charge in [0, 0.05) is 35.4 Å². The van der Waals surface area contributed by atoms with Crippen molar-refractivity contribution in [2.24, 2.45) is 0 Å². The molecular formula is C23H25ClFN3O. The first-order valence-electron chi connectivity index (χ1n) is 9.72. The summed E-state index contributed by atoms with van der Waals surface area (Å²) < 4.78 is 16.0. The number of carbonyl (C=O) groups is 1. The molecule has 0 aliphatic heterocycles. The summed E-state index contributed by atoms with van der Waals surface area (Å²) in [6.07, 6.45) is 4.58. The number of amides is 1. The van der Waals surface area contributed by atoms with Crippen molar-refractivity contribution in [2.75, 3.05) is 0 Å². The summed E-state index contributed by atoms with van der Waals surface area (Å²) in [7, 11) is 0. The van der Waals surface area contributed by atoms with Crippen molar-refractivity contribution in [1.29, 1.82) is 0 Å². The summed E-state index contributed by atoms with van der Waals surface area (Å²) in [4.78, 5) is 19.1. The minimum Gasteiger partial charge on any atom is -0.333 e. The van der Waals surface area contributed by atoms with Crippen molar-refractivity contribution in [2.45, 2.75) is 45.8 Å². The Bertz CT molecular complexity index is 936. The highest BCUT2D eigenvalue weighted by Crippen LogP contribution is 2.21. The minimum atomic E-state index is -0.350. The molecule has 0 bridgehead atoms. The summed E-state index contributed by atoms with van der Waals surface area (Å²) in [5.41, 5.74) is 1.56. The maximum absolute atomic E-state index is 14.2. The van der Waals surface area contributed by atoms with Gasteiger partial charge >= 0.3 is 0 Å². The van der Waals surface area contributed by atoms with Crippen LogP contribution in [0.25, 0.3) is 0 Å². The molecule has 29 heavy (non-hydrogen) atoms. The number of halogens is 2. The van der Waals surface area contributed by atoms with Crippen LogP contribution in [0.2, 0.25) is 5.02 Å². The van der Waals surface area contributed by atoms with Crippen LogP contribution in [0.3, 0.4) is 0 Å². The number of nitrogens with zero attached hydrogens (tertiary/aromatic N) is 3. The molecule has 2 aromatic carbocycles. The van der Waals surface area contributed by atoms with Gasteiger partial charge in [0.25, 0.3) is 0 Å². The molecule has 3 rings (SSSR count). The first-order chi connectivity index (χ1) is 14.0. The van der Waals surface area contributed by atoms with E-state index in [1.165, 1.54) is 6.07 Å². The first-order valence-corrected chi connectivity index (χ1v) is 10.1. The number of rotatable bonds is 8. The van der Waals surface area contributed by atoms with Crippen molar-refractivity contribution >= 4 is 17.5 Å². The predicted octanol–water partition coefficient (Wildman–Crippen LogP) is 5.09. The Morgan fingerprint density at radius 3 is 2.62 bits per heavy atom. The van der Waals surface area contributed by atoms with E-state index >= 15 is 0 Å². The van der Waals surface area contributed by atoms with Crippen molar-refractivity contribution < 1.29 is 9.18 Å². The molecule has 0 radical (unpaired) electrons. The van der Waals surface area contributed by atoms with E-state index in [2.05, 4.69) is 4.98 Å². The summed E-state index contributed by atoms with van der Waals surface area (Å²) in [6.45, 7) is 4.61. The van der Waals surface area contributed by atoms with Crippen molar-refractivity contribution in [3.8, 4) is 0 Å². The molecule has 0 saturated heterocycles. The first kappa shape index (κ1) is 21.1. The summed E-state index contributed by atoms with van der Waals surface area (Å²) >= 11 is 6.17. The Balaban J connectivity index is 1.71. The lowest BCUT2D eigenvalue weighted by atomic mass is 10.1. The van der Waals surface area contributed by atoms with Crippen LogP contribution in [0.15, 0.2) is 60.9 Å². The normalized spacial score (nSPS) is 11.1. The number of carbonyl (C=O) groups excluding carboxylic acids is 1. The largest absolute Gasteiger partial charge is 0.333 e. The predicted molar refractivity (Wildman–Crippen MR) is 113 cm³/mol. The Morgan fingerprint density at radius 2 is 1.93 bits per heavy atom. The van der Waals surface area contributed by atoms with Crippen molar-refractivity contribution in [3.05, 3.63) is 88.7 Å². The monoisotopic (exact) mass is 413 g/mol. The lowest BCUT2D eigenvalue weighted by Crippen LogP contribution is -2.37. The van der Waals surface area contributed by atoms with Gasteiger partial charge in [0.15, 0.2) is 0 Å². The van der Waals surface area contributed by atoms with Crippen LogP contribution in [0, 0.1) is 5.82 Å².